The minimum Gasteiger partial charge on any atom is -0.290 e. The van der Waals surface area contributed by atoms with Gasteiger partial charge in [-0.1, -0.05) is 164 Å². The summed E-state index contributed by atoms with van der Waals surface area (Å²) in [6, 6.07) is 69.2. The van der Waals surface area contributed by atoms with Crippen LogP contribution in [0, 0.1) is 0 Å². The van der Waals surface area contributed by atoms with Gasteiger partial charge in [0, 0.05) is 28.3 Å². The molecule has 0 aliphatic carbocycles. The van der Waals surface area contributed by atoms with Gasteiger partial charge in [0.05, 0.1) is 16.7 Å². The first kappa shape index (κ1) is 34.2. The van der Waals surface area contributed by atoms with Gasteiger partial charge in [-0.2, -0.15) is 0 Å². The summed E-state index contributed by atoms with van der Waals surface area (Å²) >= 11 is 0. The lowest BCUT2D eigenvalue weighted by Crippen LogP contribution is -2.01. The van der Waals surface area contributed by atoms with Crippen molar-refractivity contribution in [2.24, 2.45) is 0 Å². The number of rotatable bonds is 7. The molecule has 6 heteroatoms. The van der Waals surface area contributed by atoms with Crippen molar-refractivity contribution in [3.63, 3.8) is 0 Å². The van der Waals surface area contributed by atoms with Crippen LogP contribution in [0.2, 0.25) is 0 Å². The van der Waals surface area contributed by atoms with Gasteiger partial charge in [-0.05, 0) is 74.8 Å². The molecule has 0 unspecified atom stereocenters. The molecule has 3 heterocycles. The van der Waals surface area contributed by atoms with Crippen LogP contribution in [0.1, 0.15) is 0 Å². The van der Waals surface area contributed by atoms with E-state index >= 15 is 0 Å². The number of hydrogen-bond donors (Lipinski definition) is 0. The molecule has 0 atom stereocenters. The number of aromatic nitrogens is 6. The van der Waals surface area contributed by atoms with Gasteiger partial charge in [-0.15, -0.1) is 0 Å². The smallest absolute Gasteiger partial charge is 0.164 e. The Kier molecular flexibility index (Phi) is 8.37. The quantitative estimate of drug-likeness (QED) is 0.162. The molecule has 0 fully saturated rings. The van der Waals surface area contributed by atoms with Crippen LogP contribution in [0.25, 0.3) is 106 Å². The van der Waals surface area contributed by atoms with Gasteiger partial charge >= 0.3 is 0 Å². The van der Waals surface area contributed by atoms with Crippen molar-refractivity contribution in [1.82, 2.24) is 29.5 Å². The summed E-state index contributed by atoms with van der Waals surface area (Å²) < 4.78 is 2.24. The van der Waals surface area contributed by atoms with E-state index in [1.165, 1.54) is 5.56 Å². The fourth-order valence-electron chi connectivity index (χ4n) is 8.16. The van der Waals surface area contributed by atoms with Crippen molar-refractivity contribution >= 4 is 32.6 Å². The van der Waals surface area contributed by atoms with Crippen LogP contribution in [0.15, 0.2) is 206 Å². The fraction of sp³-hybridized carbons (Fsp3) is 0. The summed E-state index contributed by atoms with van der Waals surface area (Å²) in [5.74, 6) is 2.68. The molecule has 0 spiro atoms. The van der Waals surface area contributed by atoms with Crippen molar-refractivity contribution in [3.05, 3.63) is 206 Å². The predicted molar refractivity (Wildman–Crippen MR) is 240 cm³/mol. The summed E-state index contributed by atoms with van der Waals surface area (Å²) in [7, 11) is 0. The van der Waals surface area contributed by atoms with Crippen molar-refractivity contribution < 1.29 is 0 Å². The maximum absolute atomic E-state index is 5.17. The molecule has 0 aliphatic heterocycles. The highest BCUT2D eigenvalue weighted by Gasteiger charge is 2.20. The van der Waals surface area contributed by atoms with E-state index in [0.29, 0.717) is 17.5 Å². The van der Waals surface area contributed by atoms with E-state index in [-0.39, 0.29) is 0 Å². The van der Waals surface area contributed by atoms with E-state index in [0.717, 1.165) is 83.2 Å². The van der Waals surface area contributed by atoms with E-state index in [2.05, 4.69) is 144 Å². The van der Waals surface area contributed by atoms with Crippen LogP contribution in [0.3, 0.4) is 0 Å². The first-order valence-corrected chi connectivity index (χ1v) is 19.7. The summed E-state index contributed by atoms with van der Waals surface area (Å²) in [5.41, 5.74) is 11.2. The van der Waals surface area contributed by atoms with Crippen LogP contribution >= 0.6 is 0 Å². The lowest BCUT2D eigenvalue weighted by Gasteiger charge is -2.17. The van der Waals surface area contributed by atoms with Gasteiger partial charge in [-0.25, -0.2) is 19.9 Å². The zero-order chi connectivity index (χ0) is 39.1. The lowest BCUT2D eigenvalue weighted by molar-refractivity contribution is 1.08. The summed E-state index contributed by atoms with van der Waals surface area (Å²) in [5, 5.41) is 4.43. The van der Waals surface area contributed by atoms with Gasteiger partial charge in [-0.3, -0.25) is 9.55 Å². The van der Waals surface area contributed by atoms with Gasteiger partial charge in [0.15, 0.2) is 23.3 Å². The SMILES string of the molecule is c1ccc(-c2ccc(-c3nc(-c4ccccc4)nc(-c4ccc(-c5ccc(-n6c(-c7ccccn7)nc7ccccc76)c6ccccc56)c5ccccc45)n3)cc2)cc1. The number of benzene rings is 8. The first-order valence-electron chi connectivity index (χ1n) is 19.7. The lowest BCUT2D eigenvalue weighted by atomic mass is 9.91. The van der Waals surface area contributed by atoms with Crippen LogP contribution < -0.4 is 0 Å². The second kappa shape index (κ2) is 14.4. The second-order valence-corrected chi connectivity index (χ2v) is 14.5. The average molecular weight is 755 g/mol. The Bertz CT molecular complexity index is 3310. The fourth-order valence-corrected chi connectivity index (χ4v) is 8.16. The largest absolute Gasteiger partial charge is 0.290 e. The summed E-state index contributed by atoms with van der Waals surface area (Å²) in [4.78, 5) is 25.1. The molecule has 6 nitrogen and oxygen atoms in total. The highest BCUT2D eigenvalue weighted by atomic mass is 15.1. The molecule has 8 aromatic carbocycles. The molecule has 0 radical (unpaired) electrons. The zero-order valence-electron chi connectivity index (χ0n) is 31.8. The molecule has 276 valence electrons. The van der Waals surface area contributed by atoms with Crippen molar-refractivity contribution in [2.45, 2.75) is 0 Å². The third kappa shape index (κ3) is 6.11. The highest BCUT2D eigenvalue weighted by Crippen LogP contribution is 2.41. The third-order valence-corrected chi connectivity index (χ3v) is 11.0. The minimum absolute atomic E-state index is 0.623. The predicted octanol–water partition coefficient (Wildman–Crippen LogP) is 12.9. The van der Waals surface area contributed by atoms with Gasteiger partial charge < -0.3 is 0 Å². The molecule has 11 rings (SSSR count). The molecule has 0 aliphatic rings. The molecular weight excluding hydrogens is 721 g/mol. The molecule has 3 aromatic heterocycles. The third-order valence-electron chi connectivity index (χ3n) is 11.0. The van der Waals surface area contributed by atoms with Crippen LogP contribution in [0.4, 0.5) is 0 Å². The van der Waals surface area contributed by atoms with E-state index in [9.17, 15) is 0 Å². The van der Waals surface area contributed by atoms with Gasteiger partial charge in [0.1, 0.15) is 5.69 Å². The van der Waals surface area contributed by atoms with Gasteiger partial charge in [0.2, 0.25) is 0 Å². The maximum atomic E-state index is 5.17. The number of para-hydroxylation sites is 2. The number of pyridine rings is 1. The second-order valence-electron chi connectivity index (χ2n) is 14.5. The molecule has 0 amide bonds. The monoisotopic (exact) mass is 754 g/mol. The van der Waals surface area contributed by atoms with Crippen molar-refractivity contribution in [2.75, 3.05) is 0 Å². The molecule has 59 heavy (non-hydrogen) atoms. The Labute approximate surface area is 340 Å². The molecule has 11 aromatic rings. The minimum atomic E-state index is 0.623. The van der Waals surface area contributed by atoms with E-state index in [4.69, 9.17) is 24.9 Å². The molecule has 0 saturated carbocycles. The number of hydrogen-bond acceptors (Lipinski definition) is 5. The van der Waals surface area contributed by atoms with Crippen molar-refractivity contribution in [1.29, 1.82) is 0 Å². The summed E-state index contributed by atoms with van der Waals surface area (Å²) in [6.07, 6.45) is 1.82. The first-order chi connectivity index (χ1) is 29.3. The number of fused-ring (bicyclic) bond motifs is 3. The van der Waals surface area contributed by atoms with Crippen LogP contribution in [0.5, 0.6) is 0 Å². The summed E-state index contributed by atoms with van der Waals surface area (Å²) in [6.45, 7) is 0. The van der Waals surface area contributed by atoms with Crippen LogP contribution in [-0.4, -0.2) is 29.5 Å². The Hall–Kier alpha value is -8.09. The normalized spacial score (nSPS) is 11.4. The molecule has 0 bridgehead atoms. The molecular formula is C53H34N6. The Morgan fingerprint density at radius 1 is 0.322 bits per heavy atom. The number of nitrogens with zero attached hydrogens (tertiary/aromatic N) is 6. The van der Waals surface area contributed by atoms with Crippen molar-refractivity contribution in [3.8, 4) is 73.6 Å². The van der Waals surface area contributed by atoms with E-state index < -0.39 is 0 Å². The highest BCUT2D eigenvalue weighted by molar-refractivity contribution is 6.11. The molecule has 0 N–H and O–H groups in total. The zero-order valence-corrected chi connectivity index (χ0v) is 31.8. The Morgan fingerprint density at radius 3 is 1.51 bits per heavy atom. The Balaban J connectivity index is 1.07. The maximum Gasteiger partial charge on any atom is 0.164 e. The Morgan fingerprint density at radius 2 is 0.814 bits per heavy atom. The van der Waals surface area contributed by atoms with Crippen LogP contribution in [-0.2, 0) is 0 Å². The molecule has 0 saturated heterocycles. The van der Waals surface area contributed by atoms with E-state index in [1.54, 1.807) is 0 Å². The topological polar surface area (TPSA) is 69.4 Å². The number of imidazole rings is 1. The average Bonchev–Trinajstić information content (AvgIpc) is 3.71. The van der Waals surface area contributed by atoms with Gasteiger partial charge in [0.25, 0.3) is 0 Å². The standard InChI is InChI=1S/C53H34N6/c1-3-15-35(16-4-1)36-26-28-38(29-27-36)51-56-50(37-17-5-2-6-18-37)57-52(58-51)45-31-30-42(39-19-7-8-21-41(39)45)43-32-33-48(44-22-10-9-20-40(43)44)59-49-25-12-11-23-46(49)55-53(59)47-24-13-14-34-54-47/h1-34H. The van der Waals surface area contributed by atoms with E-state index in [1.807, 2.05) is 66.9 Å².